The second-order valence-corrected chi connectivity index (χ2v) is 3.00. The van der Waals surface area contributed by atoms with E-state index >= 15 is 0 Å². The van der Waals surface area contributed by atoms with E-state index in [0.717, 1.165) is 18.6 Å². The number of rotatable bonds is 2. The van der Waals surface area contributed by atoms with Gasteiger partial charge >= 0.3 is 0 Å². The number of hydrogen-bond donors (Lipinski definition) is 0. The van der Waals surface area contributed by atoms with Gasteiger partial charge < -0.3 is 0 Å². The lowest BCUT2D eigenvalue weighted by molar-refractivity contribution is 0.938. The number of hydrogen-bond acceptors (Lipinski definition) is 2. The SMILES string of the molecule is CCc1nc2ncccn2c1CC. The summed E-state index contributed by atoms with van der Waals surface area (Å²) in [5.74, 6) is 0.816. The van der Waals surface area contributed by atoms with Crippen LogP contribution in [0, 0.1) is 0 Å². The van der Waals surface area contributed by atoms with Crippen LogP contribution in [-0.4, -0.2) is 14.4 Å². The van der Waals surface area contributed by atoms with Gasteiger partial charge in [0, 0.05) is 18.1 Å². The molecule has 3 nitrogen and oxygen atoms in total. The molecule has 2 aromatic heterocycles. The van der Waals surface area contributed by atoms with Gasteiger partial charge in [-0.1, -0.05) is 13.8 Å². The van der Waals surface area contributed by atoms with Gasteiger partial charge in [-0.05, 0) is 18.9 Å². The van der Waals surface area contributed by atoms with E-state index in [1.165, 1.54) is 11.4 Å². The molecule has 2 rings (SSSR count). The first-order valence-corrected chi connectivity index (χ1v) is 4.67. The van der Waals surface area contributed by atoms with Crippen molar-refractivity contribution in [1.82, 2.24) is 14.4 Å². The maximum Gasteiger partial charge on any atom is 0.234 e. The molecule has 2 heterocycles. The van der Waals surface area contributed by atoms with Crippen molar-refractivity contribution in [1.29, 1.82) is 0 Å². The fourth-order valence-electron chi connectivity index (χ4n) is 1.64. The van der Waals surface area contributed by atoms with Gasteiger partial charge in [-0.2, -0.15) is 0 Å². The highest BCUT2D eigenvalue weighted by Crippen LogP contribution is 2.11. The van der Waals surface area contributed by atoms with Crippen LogP contribution in [0.3, 0.4) is 0 Å². The number of aryl methyl sites for hydroxylation is 2. The fraction of sp³-hybridized carbons (Fsp3) is 0.400. The molecule has 0 aromatic carbocycles. The molecule has 0 unspecified atom stereocenters. The van der Waals surface area contributed by atoms with Crippen molar-refractivity contribution in [3.63, 3.8) is 0 Å². The molecular formula is C10H13N3. The van der Waals surface area contributed by atoms with Crippen molar-refractivity contribution < 1.29 is 0 Å². The Morgan fingerprint density at radius 3 is 2.85 bits per heavy atom. The Bertz CT molecular complexity index is 417. The lowest BCUT2D eigenvalue weighted by Crippen LogP contribution is -1.93. The minimum absolute atomic E-state index is 0.816. The minimum Gasteiger partial charge on any atom is -0.288 e. The van der Waals surface area contributed by atoms with Gasteiger partial charge in [0.1, 0.15) is 0 Å². The monoisotopic (exact) mass is 175 g/mol. The van der Waals surface area contributed by atoms with E-state index in [0.29, 0.717) is 0 Å². The Morgan fingerprint density at radius 2 is 2.15 bits per heavy atom. The quantitative estimate of drug-likeness (QED) is 0.697. The van der Waals surface area contributed by atoms with Crippen LogP contribution in [0.15, 0.2) is 18.5 Å². The largest absolute Gasteiger partial charge is 0.288 e. The van der Waals surface area contributed by atoms with Gasteiger partial charge in [-0.3, -0.25) is 4.40 Å². The van der Waals surface area contributed by atoms with Gasteiger partial charge in [0.15, 0.2) is 0 Å². The van der Waals surface area contributed by atoms with Gasteiger partial charge in [-0.15, -0.1) is 0 Å². The molecule has 0 atom stereocenters. The van der Waals surface area contributed by atoms with Gasteiger partial charge in [-0.25, -0.2) is 9.97 Å². The Labute approximate surface area is 77.4 Å². The fourth-order valence-corrected chi connectivity index (χ4v) is 1.64. The number of aromatic nitrogens is 3. The summed E-state index contributed by atoms with van der Waals surface area (Å²) < 4.78 is 2.07. The van der Waals surface area contributed by atoms with Gasteiger partial charge in [0.05, 0.1) is 5.69 Å². The summed E-state index contributed by atoms with van der Waals surface area (Å²) in [7, 11) is 0. The molecule has 2 aromatic rings. The molecule has 0 fully saturated rings. The van der Waals surface area contributed by atoms with Crippen LogP contribution < -0.4 is 0 Å². The van der Waals surface area contributed by atoms with Crippen molar-refractivity contribution in [2.24, 2.45) is 0 Å². The third-order valence-corrected chi connectivity index (χ3v) is 2.26. The molecule has 0 spiro atoms. The average Bonchev–Trinajstić information content (AvgIpc) is 2.55. The van der Waals surface area contributed by atoms with Crippen molar-refractivity contribution >= 4 is 5.78 Å². The van der Waals surface area contributed by atoms with E-state index in [-0.39, 0.29) is 0 Å². The van der Waals surface area contributed by atoms with Crippen molar-refractivity contribution in [3.8, 4) is 0 Å². The summed E-state index contributed by atoms with van der Waals surface area (Å²) in [6.07, 6.45) is 5.79. The maximum absolute atomic E-state index is 4.45. The van der Waals surface area contributed by atoms with E-state index < -0.39 is 0 Å². The number of imidazole rings is 1. The standard InChI is InChI=1S/C10H13N3/c1-3-8-9(4-2)13-7-5-6-11-10(13)12-8/h5-7H,3-4H2,1-2H3. The normalized spacial score (nSPS) is 10.9. The molecule has 0 bridgehead atoms. The molecule has 0 aliphatic heterocycles. The summed E-state index contributed by atoms with van der Waals surface area (Å²) >= 11 is 0. The third kappa shape index (κ3) is 1.20. The first-order chi connectivity index (χ1) is 6.36. The molecule has 0 aliphatic carbocycles. The predicted octanol–water partition coefficient (Wildman–Crippen LogP) is 1.85. The van der Waals surface area contributed by atoms with Crippen LogP contribution in [0.1, 0.15) is 25.2 Å². The molecule has 0 aliphatic rings. The Hall–Kier alpha value is -1.38. The molecule has 0 saturated carbocycles. The smallest absolute Gasteiger partial charge is 0.234 e. The molecule has 0 radical (unpaired) electrons. The highest BCUT2D eigenvalue weighted by atomic mass is 15.1. The second-order valence-electron chi connectivity index (χ2n) is 3.00. The summed E-state index contributed by atoms with van der Waals surface area (Å²) in [6, 6.07) is 1.94. The summed E-state index contributed by atoms with van der Waals surface area (Å²) in [4.78, 5) is 8.66. The van der Waals surface area contributed by atoms with Gasteiger partial charge in [0.25, 0.3) is 0 Å². The van der Waals surface area contributed by atoms with Crippen molar-refractivity contribution in [2.75, 3.05) is 0 Å². The lowest BCUT2D eigenvalue weighted by Gasteiger charge is -1.97. The Morgan fingerprint density at radius 1 is 1.31 bits per heavy atom. The first-order valence-electron chi connectivity index (χ1n) is 4.67. The maximum atomic E-state index is 4.45. The zero-order chi connectivity index (χ0) is 9.26. The molecular weight excluding hydrogens is 162 g/mol. The predicted molar refractivity (Wildman–Crippen MR) is 51.7 cm³/mol. The Kier molecular flexibility index (Phi) is 2.00. The lowest BCUT2D eigenvalue weighted by atomic mass is 10.2. The molecule has 0 saturated heterocycles. The van der Waals surface area contributed by atoms with Crippen LogP contribution in [0.2, 0.25) is 0 Å². The molecule has 0 N–H and O–H groups in total. The van der Waals surface area contributed by atoms with Crippen molar-refractivity contribution in [3.05, 3.63) is 29.8 Å². The zero-order valence-corrected chi connectivity index (χ0v) is 7.99. The Balaban J connectivity index is 2.73. The highest BCUT2D eigenvalue weighted by molar-refractivity contribution is 5.35. The zero-order valence-electron chi connectivity index (χ0n) is 7.99. The minimum atomic E-state index is 0.816. The van der Waals surface area contributed by atoms with Crippen LogP contribution in [0.4, 0.5) is 0 Å². The average molecular weight is 175 g/mol. The van der Waals surface area contributed by atoms with E-state index in [9.17, 15) is 0 Å². The molecule has 68 valence electrons. The molecule has 13 heavy (non-hydrogen) atoms. The first kappa shape index (κ1) is 8.23. The topological polar surface area (TPSA) is 30.2 Å². The van der Waals surface area contributed by atoms with Crippen molar-refractivity contribution in [2.45, 2.75) is 26.7 Å². The van der Waals surface area contributed by atoms with Crippen LogP contribution >= 0.6 is 0 Å². The van der Waals surface area contributed by atoms with E-state index in [1.807, 2.05) is 12.3 Å². The van der Waals surface area contributed by atoms with Crippen LogP contribution in [0.25, 0.3) is 5.78 Å². The molecule has 3 heteroatoms. The summed E-state index contributed by atoms with van der Waals surface area (Å²) in [6.45, 7) is 4.27. The molecule has 0 amide bonds. The van der Waals surface area contributed by atoms with Crippen LogP contribution in [0.5, 0.6) is 0 Å². The summed E-state index contributed by atoms with van der Waals surface area (Å²) in [5, 5.41) is 0. The number of fused-ring (bicyclic) bond motifs is 1. The summed E-state index contributed by atoms with van der Waals surface area (Å²) in [5.41, 5.74) is 2.45. The van der Waals surface area contributed by atoms with E-state index in [4.69, 9.17) is 0 Å². The van der Waals surface area contributed by atoms with E-state index in [1.54, 1.807) is 6.20 Å². The van der Waals surface area contributed by atoms with Gasteiger partial charge in [0.2, 0.25) is 5.78 Å². The highest BCUT2D eigenvalue weighted by Gasteiger charge is 2.07. The number of nitrogens with zero attached hydrogens (tertiary/aromatic N) is 3. The third-order valence-electron chi connectivity index (χ3n) is 2.26. The van der Waals surface area contributed by atoms with E-state index in [2.05, 4.69) is 28.2 Å². The van der Waals surface area contributed by atoms with Crippen LogP contribution in [-0.2, 0) is 12.8 Å². The second kappa shape index (κ2) is 3.17.